The van der Waals surface area contributed by atoms with Crippen molar-refractivity contribution in [3.8, 4) is 16.9 Å². The van der Waals surface area contributed by atoms with Crippen molar-refractivity contribution < 1.29 is 45.7 Å². The zero-order chi connectivity index (χ0) is 33.1. The van der Waals surface area contributed by atoms with E-state index in [1.54, 1.807) is 42.5 Å². The lowest BCUT2D eigenvalue weighted by atomic mass is 10.0. The van der Waals surface area contributed by atoms with Crippen molar-refractivity contribution in [2.75, 3.05) is 19.9 Å². The molecule has 1 aliphatic heterocycles. The Hall–Kier alpha value is -5.45. The first-order valence-corrected chi connectivity index (χ1v) is 15.0. The number of amides is 1. The SMILES string of the molecule is Cc1ccc(-c2cc(C(F)(F)F)nn2-c2ccc(S(=O)(=O)NC(=O)C3CN(/[N+]([O-])=N\OCOC(=O)c4ccccc4)C3)cc2)cc1. The van der Waals surface area contributed by atoms with Gasteiger partial charge < -0.3 is 14.8 Å². The van der Waals surface area contributed by atoms with Crippen LogP contribution in [-0.4, -0.2) is 59.9 Å². The third kappa shape index (κ3) is 7.26. The third-order valence-electron chi connectivity index (χ3n) is 6.83. The molecule has 1 aromatic heterocycles. The highest BCUT2D eigenvalue weighted by Crippen LogP contribution is 2.33. The van der Waals surface area contributed by atoms with E-state index in [0.717, 1.165) is 33.5 Å². The van der Waals surface area contributed by atoms with Gasteiger partial charge in [-0.05, 0) is 49.4 Å². The number of ether oxygens (including phenoxy) is 1. The largest absolute Gasteiger partial charge is 0.569 e. The maximum absolute atomic E-state index is 13.5. The van der Waals surface area contributed by atoms with Gasteiger partial charge in [-0.15, -0.1) is 5.01 Å². The van der Waals surface area contributed by atoms with Gasteiger partial charge in [0.05, 0.1) is 45.8 Å². The standard InChI is InChI=1S/C29H25F3N6O7S/c1-19-7-9-20(10-8-19)25-15-26(29(30,31)32)33-37(25)23-11-13-24(14-12-23)46(42,43)34-27(39)22-16-36(17-22)38(41)35-45-18-44-28(40)21-5-3-2-4-6-21/h2-15,22H,16-18H2,1H3,(H,34,39)/b38-35+. The average Bonchev–Trinajstić information content (AvgIpc) is 3.45. The fourth-order valence-electron chi connectivity index (χ4n) is 4.31. The van der Waals surface area contributed by atoms with Crippen LogP contribution < -0.4 is 4.72 Å². The first-order valence-electron chi connectivity index (χ1n) is 13.5. The Balaban J connectivity index is 1.18. The van der Waals surface area contributed by atoms with Crippen molar-refractivity contribution in [1.82, 2.24) is 19.5 Å². The summed E-state index contributed by atoms with van der Waals surface area (Å²) in [5.74, 6) is -2.44. The summed E-state index contributed by atoms with van der Waals surface area (Å²) in [6.45, 7) is 0.839. The van der Waals surface area contributed by atoms with Gasteiger partial charge in [0.1, 0.15) is 0 Å². The molecular formula is C29H25F3N6O7S. The number of aryl methyl sites for hydroxylation is 1. The lowest BCUT2D eigenvalue weighted by molar-refractivity contribution is -0.726. The molecule has 0 atom stereocenters. The van der Waals surface area contributed by atoms with E-state index in [1.165, 1.54) is 24.3 Å². The van der Waals surface area contributed by atoms with E-state index in [4.69, 9.17) is 4.74 Å². The van der Waals surface area contributed by atoms with E-state index in [1.807, 2.05) is 11.6 Å². The van der Waals surface area contributed by atoms with Crippen LogP contribution in [0.15, 0.2) is 95.1 Å². The molecule has 13 nitrogen and oxygen atoms in total. The number of aromatic nitrogens is 2. The number of hydrogen-bond acceptors (Lipinski definition) is 9. The van der Waals surface area contributed by atoms with Crippen LogP contribution in [0, 0.1) is 18.0 Å². The fraction of sp³-hybridized carbons (Fsp3) is 0.207. The molecule has 2 heterocycles. The summed E-state index contributed by atoms with van der Waals surface area (Å²) >= 11 is 0. The summed E-state index contributed by atoms with van der Waals surface area (Å²) in [6, 6.07) is 20.5. The number of sulfonamides is 1. The van der Waals surface area contributed by atoms with Gasteiger partial charge in [-0.3, -0.25) is 4.79 Å². The van der Waals surface area contributed by atoms with E-state index in [2.05, 4.69) is 15.2 Å². The fourth-order valence-corrected chi connectivity index (χ4v) is 5.35. The number of hydrogen-bond donors (Lipinski definition) is 1. The number of hydrazine groups is 1. The molecule has 0 saturated carbocycles. The number of carbonyl (C=O) groups is 2. The minimum absolute atomic E-state index is 0.0394. The monoisotopic (exact) mass is 658 g/mol. The Morgan fingerprint density at radius 3 is 2.33 bits per heavy atom. The average molecular weight is 659 g/mol. The Morgan fingerprint density at radius 1 is 1.04 bits per heavy atom. The van der Waals surface area contributed by atoms with Gasteiger partial charge in [0.25, 0.3) is 16.8 Å². The molecule has 0 spiro atoms. The van der Waals surface area contributed by atoms with Crippen LogP contribution in [0.1, 0.15) is 21.6 Å². The van der Waals surface area contributed by atoms with Crippen molar-refractivity contribution in [1.29, 1.82) is 0 Å². The van der Waals surface area contributed by atoms with Crippen LogP contribution in [0.5, 0.6) is 0 Å². The van der Waals surface area contributed by atoms with Crippen LogP contribution in [0.4, 0.5) is 13.2 Å². The highest BCUT2D eigenvalue weighted by atomic mass is 32.2. The second kappa shape index (κ2) is 12.9. The number of nitrogens with zero attached hydrogens (tertiary/aromatic N) is 5. The Bertz CT molecular complexity index is 1860. The van der Waals surface area contributed by atoms with Gasteiger partial charge in [-0.25, -0.2) is 22.6 Å². The third-order valence-corrected chi connectivity index (χ3v) is 8.19. The molecule has 3 aromatic carbocycles. The maximum atomic E-state index is 13.5. The molecule has 0 bridgehead atoms. The van der Waals surface area contributed by atoms with Crippen LogP contribution in [0.25, 0.3) is 16.9 Å². The molecule has 1 aliphatic rings. The summed E-state index contributed by atoms with van der Waals surface area (Å²) < 4.78 is 74.0. The summed E-state index contributed by atoms with van der Waals surface area (Å²) in [5, 5.41) is 20.0. The zero-order valence-electron chi connectivity index (χ0n) is 23.9. The topological polar surface area (TPSA) is 158 Å². The summed E-state index contributed by atoms with van der Waals surface area (Å²) in [7, 11) is -4.37. The highest BCUT2D eigenvalue weighted by Gasteiger charge is 2.40. The number of esters is 1. The van der Waals surface area contributed by atoms with Crippen molar-refractivity contribution in [3.63, 3.8) is 0 Å². The lowest BCUT2D eigenvalue weighted by Crippen LogP contribution is -2.56. The van der Waals surface area contributed by atoms with Gasteiger partial charge in [-0.1, -0.05) is 48.0 Å². The normalized spacial score (nSPS) is 14.0. The van der Waals surface area contributed by atoms with Crippen molar-refractivity contribution >= 4 is 21.9 Å². The summed E-state index contributed by atoms with van der Waals surface area (Å²) in [5.41, 5.74) is 0.826. The van der Waals surface area contributed by atoms with Crippen molar-refractivity contribution in [3.05, 3.63) is 107 Å². The van der Waals surface area contributed by atoms with Crippen LogP contribution in [0.3, 0.4) is 0 Å². The van der Waals surface area contributed by atoms with Gasteiger partial charge in [0.15, 0.2) is 5.69 Å². The number of rotatable bonds is 10. The van der Waals surface area contributed by atoms with Crippen LogP contribution in [0.2, 0.25) is 0 Å². The van der Waals surface area contributed by atoms with E-state index < -0.39 is 46.5 Å². The number of halogens is 3. The first-order chi connectivity index (χ1) is 21.8. The summed E-state index contributed by atoms with van der Waals surface area (Å²) in [4.78, 5) is 28.8. The quantitative estimate of drug-likeness (QED) is 0.0658. The molecule has 5 rings (SSSR count). The molecular weight excluding hydrogens is 633 g/mol. The predicted octanol–water partition coefficient (Wildman–Crippen LogP) is 4.23. The van der Waals surface area contributed by atoms with Crippen molar-refractivity contribution in [2.24, 2.45) is 11.2 Å². The van der Waals surface area contributed by atoms with E-state index in [9.17, 15) is 36.4 Å². The molecule has 1 saturated heterocycles. The predicted molar refractivity (Wildman–Crippen MR) is 153 cm³/mol. The maximum Gasteiger partial charge on any atom is 0.435 e. The van der Waals surface area contributed by atoms with Crippen LogP contribution in [-0.2, 0) is 30.6 Å². The van der Waals surface area contributed by atoms with Gasteiger partial charge in [0.2, 0.25) is 11.2 Å². The molecule has 0 aliphatic carbocycles. The Kier molecular flexibility index (Phi) is 8.95. The lowest BCUT2D eigenvalue weighted by Gasteiger charge is -2.32. The minimum Gasteiger partial charge on any atom is -0.569 e. The molecule has 0 unspecified atom stereocenters. The zero-order valence-corrected chi connectivity index (χ0v) is 24.7. The van der Waals surface area contributed by atoms with Gasteiger partial charge >= 0.3 is 12.1 Å². The van der Waals surface area contributed by atoms with Gasteiger partial charge in [0, 0.05) is 5.56 Å². The van der Waals surface area contributed by atoms with E-state index >= 15 is 0 Å². The second-order valence-corrected chi connectivity index (χ2v) is 11.8. The van der Waals surface area contributed by atoms with Crippen LogP contribution >= 0.6 is 0 Å². The molecule has 0 radical (unpaired) electrons. The number of alkyl halides is 3. The van der Waals surface area contributed by atoms with Gasteiger partial charge in [-0.2, -0.15) is 18.3 Å². The Morgan fingerprint density at radius 2 is 1.70 bits per heavy atom. The molecule has 1 N–H and O–H groups in total. The molecule has 1 amide bonds. The highest BCUT2D eigenvalue weighted by molar-refractivity contribution is 7.90. The smallest absolute Gasteiger partial charge is 0.435 e. The summed E-state index contributed by atoms with van der Waals surface area (Å²) in [6.07, 6.45) is -4.71. The molecule has 4 aromatic rings. The number of benzene rings is 3. The molecule has 1 fully saturated rings. The Labute approximate surface area is 260 Å². The van der Waals surface area contributed by atoms with E-state index in [-0.39, 0.29) is 39.9 Å². The number of nitrogens with one attached hydrogen (secondary N) is 1. The molecule has 240 valence electrons. The molecule has 17 heteroatoms. The van der Waals surface area contributed by atoms with Crippen molar-refractivity contribution in [2.45, 2.75) is 18.0 Å². The first kappa shape index (κ1) is 32.0. The molecule has 46 heavy (non-hydrogen) atoms. The van der Waals surface area contributed by atoms with E-state index in [0.29, 0.717) is 5.56 Å². The number of carbonyl (C=O) groups excluding carboxylic acids is 2. The minimum atomic E-state index is -4.71. The second-order valence-electron chi connectivity index (χ2n) is 10.1.